The molecule has 2 aromatic carbocycles. The van der Waals surface area contributed by atoms with E-state index in [1.54, 1.807) is 12.1 Å². The molecule has 0 radical (unpaired) electrons. The van der Waals surface area contributed by atoms with Crippen LogP contribution in [-0.4, -0.2) is 73.6 Å². The zero-order chi connectivity index (χ0) is 35.4. The summed E-state index contributed by atoms with van der Waals surface area (Å²) in [5.41, 5.74) is 8.66. The van der Waals surface area contributed by atoms with E-state index < -0.39 is 12.1 Å². The molecule has 0 fully saturated rings. The summed E-state index contributed by atoms with van der Waals surface area (Å²) in [5.74, 6) is 0.398. The number of urea groups is 1. The number of anilines is 2. The number of nitrogens with zero attached hydrogens (tertiary/aromatic N) is 1. The van der Waals surface area contributed by atoms with Gasteiger partial charge in [-0.25, -0.2) is 9.59 Å². The molecule has 0 bridgehead atoms. The molecular weight excluding hydrogens is 646 g/mol. The van der Waals surface area contributed by atoms with Crippen LogP contribution in [0.1, 0.15) is 63.5 Å². The second-order valence-electron chi connectivity index (χ2n) is 12.5. The third-order valence-corrected chi connectivity index (χ3v) is 8.62. The van der Waals surface area contributed by atoms with Gasteiger partial charge in [-0.2, -0.15) is 0 Å². The highest BCUT2D eigenvalue weighted by atomic mass is 35.5. The van der Waals surface area contributed by atoms with Crippen LogP contribution in [0.2, 0.25) is 0 Å². The zero-order valence-corrected chi connectivity index (χ0v) is 29.4. The van der Waals surface area contributed by atoms with Gasteiger partial charge >= 0.3 is 12.1 Å². The lowest BCUT2D eigenvalue weighted by Gasteiger charge is -2.27. The minimum atomic E-state index is -0.530. The number of unbranched alkanes of at least 4 members (excludes halogenated alkanes) is 3. The predicted octanol–water partition coefficient (Wildman–Crippen LogP) is 5.09. The number of halogens is 1. The van der Waals surface area contributed by atoms with Crippen LogP contribution < -0.4 is 32.3 Å². The maximum atomic E-state index is 12.2. The van der Waals surface area contributed by atoms with Crippen LogP contribution in [0.25, 0.3) is 0 Å². The fourth-order valence-corrected chi connectivity index (χ4v) is 5.48. The number of primary amides is 1. The molecule has 1 heterocycles. The number of nitrogens with one attached hydrogen (secondary N) is 5. The Morgan fingerprint density at radius 1 is 0.816 bits per heavy atom. The monoisotopic (exact) mass is 697 g/mol. The van der Waals surface area contributed by atoms with Crippen molar-refractivity contribution < 1.29 is 23.9 Å². The maximum absolute atomic E-state index is 12.2. The summed E-state index contributed by atoms with van der Waals surface area (Å²) >= 11 is 5.82. The molecule has 0 aliphatic carbocycles. The fraction of sp³-hybridized carbons (Fsp3) is 0.500. The van der Waals surface area contributed by atoms with Crippen molar-refractivity contribution in [3.63, 3.8) is 0 Å². The number of carbonyl (C=O) groups is 4. The Morgan fingerprint density at radius 3 is 2.12 bits per heavy atom. The number of alkyl halides is 1. The highest BCUT2D eigenvalue weighted by molar-refractivity contribution is 6.17. The van der Waals surface area contributed by atoms with Crippen LogP contribution in [0, 0.1) is 5.92 Å². The SMILES string of the molecule is CC(C)[C@H](CN[C@H](CCCNC(N)=O)CNc1ccc(COC(=O)Nc2ccc(CCl)cc2)cc1)NCCCCCCN1C(=O)C=CC1=O. The highest BCUT2D eigenvalue weighted by Crippen LogP contribution is 2.14. The quantitative estimate of drug-likeness (QED) is 0.0531. The molecule has 12 nitrogen and oxygen atoms in total. The first-order valence-corrected chi connectivity index (χ1v) is 17.6. The van der Waals surface area contributed by atoms with Crippen molar-refractivity contribution in [2.45, 2.75) is 76.9 Å². The van der Waals surface area contributed by atoms with E-state index >= 15 is 0 Å². The van der Waals surface area contributed by atoms with Gasteiger partial charge in [-0.3, -0.25) is 19.8 Å². The molecule has 1 aliphatic rings. The number of hydrogen-bond acceptors (Lipinski definition) is 8. The molecule has 0 saturated heterocycles. The van der Waals surface area contributed by atoms with Gasteiger partial charge in [0.25, 0.3) is 11.8 Å². The largest absolute Gasteiger partial charge is 0.444 e. The van der Waals surface area contributed by atoms with Crippen molar-refractivity contribution in [3.05, 3.63) is 71.8 Å². The van der Waals surface area contributed by atoms with Crippen LogP contribution in [0.4, 0.5) is 21.0 Å². The Balaban J connectivity index is 1.39. The summed E-state index contributed by atoms with van der Waals surface area (Å²) in [6.07, 6.45) is 7.56. The molecule has 1 aliphatic heterocycles. The molecule has 2 atom stereocenters. The first kappa shape index (κ1) is 39.3. The number of carbonyl (C=O) groups excluding carboxylic acids is 4. The van der Waals surface area contributed by atoms with E-state index in [9.17, 15) is 19.2 Å². The van der Waals surface area contributed by atoms with Gasteiger partial charge in [0.1, 0.15) is 6.61 Å². The van der Waals surface area contributed by atoms with Crippen LogP contribution in [0.15, 0.2) is 60.7 Å². The van der Waals surface area contributed by atoms with E-state index in [1.807, 2.05) is 36.4 Å². The van der Waals surface area contributed by atoms with Crippen molar-refractivity contribution >= 4 is 46.9 Å². The molecular formula is C36H52ClN7O5. The molecule has 268 valence electrons. The number of amides is 5. The van der Waals surface area contributed by atoms with Crippen LogP contribution >= 0.6 is 11.6 Å². The molecule has 13 heteroatoms. The van der Waals surface area contributed by atoms with Crippen LogP contribution in [0.5, 0.6) is 0 Å². The second kappa shape index (κ2) is 21.8. The number of nitrogens with two attached hydrogens (primary N) is 1. The minimum Gasteiger partial charge on any atom is -0.444 e. The summed E-state index contributed by atoms with van der Waals surface area (Å²) in [6, 6.07) is 14.9. The summed E-state index contributed by atoms with van der Waals surface area (Å²) in [5, 5.41) is 16.3. The molecule has 7 N–H and O–H groups in total. The molecule has 0 saturated carbocycles. The van der Waals surface area contributed by atoms with Crippen LogP contribution in [-0.2, 0) is 26.8 Å². The van der Waals surface area contributed by atoms with Gasteiger partial charge < -0.3 is 31.7 Å². The molecule has 0 spiro atoms. The van der Waals surface area contributed by atoms with Crippen molar-refractivity contribution in [1.82, 2.24) is 20.9 Å². The third-order valence-electron chi connectivity index (χ3n) is 8.31. The van der Waals surface area contributed by atoms with E-state index in [2.05, 4.69) is 40.4 Å². The van der Waals surface area contributed by atoms with Gasteiger partial charge in [-0.15, -0.1) is 11.6 Å². The van der Waals surface area contributed by atoms with E-state index in [1.165, 1.54) is 17.1 Å². The topological polar surface area (TPSA) is 167 Å². The molecule has 5 amide bonds. The maximum Gasteiger partial charge on any atom is 0.411 e. The molecule has 3 rings (SSSR count). The first-order chi connectivity index (χ1) is 23.6. The average molecular weight is 698 g/mol. The fourth-order valence-electron chi connectivity index (χ4n) is 5.30. The van der Waals surface area contributed by atoms with Gasteiger partial charge in [0.05, 0.1) is 0 Å². The number of rotatable bonds is 23. The minimum absolute atomic E-state index is 0.144. The molecule has 0 aromatic heterocycles. The summed E-state index contributed by atoms with van der Waals surface area (Å²) in [6.45, 7) is 7.89. The zero-order valence-electron chi connectivity index (χ0n) is 28.6. The highest BCUT2D eigenvalue weighted by Gasteiger charge is 2.22. The Hall–Kier alpha value is -4.13. The lowest BCUT2D eigenvalue weighted by atomic mass is 10.0. The molecule has 2 aromatic rings. The number of ether oxygens (including phenoxy) is 1. The lowest BCUT2D eigenvalue weighted by molar-refractivity contribution is -0.136. The van der Waals surface area contributed by atoms with Gasteiger partial charge in [0, 0.05) is 67.7 Å². The number of benzene rings is 2. The van der Waals surface area contributed by atoms with E-state index in [0.717, 1.165) is 68.4 Å². The van der Waals surface area contributed by atoms with Crippen molar-refractivity contribution in [3.8, 4) is 0 Å². The Bertz CT molecular complexity index is 1340. The lowest BCUT2D eigenvalue weighted by Crippen LogP contribution is -2.47. The number of imide groups is 1. The van der Waals surface area contributed by atoms with E-state index in [4.69, 9.17) is 22.1 Å². The standard InChI is InChI=1S/C36H52ClN7O5/c1-26(2)32(39-19-5-3-4-6-21-44-33(45)17-18-34(44)46)24-42-31(8-7-20-40-35(38)47)23-41-29-13-11-28(12-14-29)25-49-36(48)43-30-15-9-27(22-37)10-16-30/h9-18,26,31-32,39,41-42H,3-8,19-25H2,1-2H3,(H,43,48)(H3,38,40,47)/t31-,32+/m1/s1. The van der Waals surface area contributed by atoms with E-state index in [0.29, 0.717) is 37.1 Å². The Morgan fingerprint density at radius 2 is 1.47 bits per heavy atom. The first-order valence-electron chi connectivity index (χ1n) is 17.1. The Kier molecular flexibility index (Phi) is 17.5. The summed E-state index contributed by atoms with van der Waals surface area (Å²) in [7, 11) is 0. The Labute approximate surface area is 294 Å². The second-order valence-corrected chi connectivity index (χ2v) is 12.8. The van der Waals surface area contributed by atoms with Gasteiger partial charge in [0.2, 0.25) is 0 Å². The van der Waals surface area contributed by atoms with Gasteiger partial charge in [-0.1, -0.05) is 51.0 Å². The van der Waals surface area contributed by atoms with Crippen molar-refractivity contribution in [2.24, 2.45) is 11.7 Å². The smallest absolute Gasteiger partial charge is 0.411 e. The summed E-state index contributed by atoms with van der Waals surface area (Å²) in [4.78, 5) is 48.0. The van der Waals surface area contributed by atoms with Crippen molar-refractivity contribution in [2.75, 3.05) is 43.4 Å². The van der Waals surface area contributed by atoms with E-state index in [-0.39, 0.29) is 30.5 Å². The molecule has 49 heavy (non-hydrogen) atoms. The average Bonchev–Trinajstić information content (AvgIpc) is 3.41. The van der Waals surface area contributed by atoms with Gasteiger partial charge in [0.15, 0.2) is 0 Å². The normalized spacial score (nSPS) is 13.8. The molecule has 0 unspecified atom stereocenters. The van der Waals surface area contributed by atoms with Gasteiger partial charge in [-0.05, 0) is 73.5 Å². The van der Waals surface area contributed by atoms with Crippen LogP contribution in [0.3, 0.4) is 0 Å². The summed E-state index contributed by atoms with van der Waals surface area (Å²) < 4.78 is 5.37. The third kappa shape index (κ3) is 15.3. The van der Waals surface area contributed by atoms with Crippen molar-refractivity contribution in [1.29, 1.82) is 0 Å². The predicted molar refractivity (Wildman–Crippen MR) is 194 cm³/mol. The number of hydrogen-bond donors (Lipinski definition) is 6.